The average Bonchev–Trinajstić information content (AvgIpc) is 3.12. The predicted octanol–water partition coefficient (Wildman–Crippen LogP) is 2.48. The summed E-state index contributed by atoms with van der Waals surface area (Å²) in [5, 5.41) is 12.2. The lowest BCUT2D eigenvalue weighted by Crippen LogP contribution is -2.42. The summed E-state index contributed by atoms with van der Waals surface area (Å²) in [6.45, 7) is 4.76. The van der Waals surface area contributed by atoms with E-state index in [4.69, 9.17) is 5.11 Å². The van der Waals surface area contributed by atoms with Crippen LogP contribution >= 0.6 is 0 Å². The Hall–Kier alpha value is -0.570. The van der Waals surface area contributed by atoms with Gasteiger partial charge in [0.15, 0.2) is 0 Å². The molecular weight excluding hydrogens is 226 g/mol. The molecule has 3 heteroatoms. The van der Waals surface area contributed by atoms with Crippen LogP contribution in [0, 0.1) is 17.3 Å². The molecule has 0 radical (unpaired) electrons. The van der Waals surface area contributed by atoms with Gasteiger partial charge in [0.25, 0.3) is 0 Å². The molecule has 0 aromatic carbocycles. The van der Waals surface area contributed by atoms with E-state index >= 15 is 0 Å². The maximum Gasteiger partial charge on any atom is 0.223 e. The number of nitrogens with one attached hydrogen (secondary N) is 1. The minimum Gasteiger partial charge on any atom is -0.396 e. The number of hydrogen-bond donors (Lipinski definition) is 2. The van der Waals surface area contributed by atoms with Gasteiger partial charge in [-0.2, -0.15) is 0 Å². The zero-order chi connectivity index (χ0) is 13.2. The van der Waals surface area contributed by atoms with E-state index in [0.29, 0.717) is 17.8 Å². The van der Waals surface area contributed by atoms with E-state index < -0.39 is 0 Å². The second-order valence-corrected chi connectivity index (χ2v) is 6.90. The van der Waals surface area contributed by atoms with Crippen molar-refractivity contribution < 1.29 is 9.90 Å². The van der Waals surface area contributed by atoms with Crippen LogP contribution < -0.4 is 5.32 Å². The van der Waals surface area contributed by atoms with Crippen molar-refractivity contribution in [1.29, 1.82) is 0 Å². The molecule has 2 fully saturated rings. The number of hydrogen-bond acceptors (Lipinski definition) is 2. The number of rotatable bonds is 5. The first-order valence-electron chi connectivity index (χ1n) is 7.43. The van der Waals surface area contributed by atoms with Crippen molar-refractivity contribution in [3.05, 3.63) is 0 Å². The summed E-state index contributed by atoms with van der Waals surface area (Å²) in [6.07, 6.45) is 7.49. The molecule has 2 aliphatic rings. The molecule has 2 saturated carbocycles. The SMILES string of the molecule is CC1(C)CCC(C(=O)NC(CCO)C2CC2)CC1. The third kappa shape index (κ3) is 3.71. The van der Waals surface area contributed by atoms with Gasteiger partial charge in [0.05, 0.1) is 0 Å². The van der Waals surface area contributed by atoms with Crippen molar-refractivity contribution in [2.45, 2.75) is 64.8 Å². The summed E-state index contributed by atoms with van der Waals surface area (Å²) < 4.78 is 0. The van der Waals surface area contributed by atoms with Crippen molar-refractivity contribution in [2.24, 2.45) is 17.3 Å². The quantitative estimate of drug-likeness (QED) is 0.791. The minimum atomic E-state index is 0.180. The molecule has 0 aromatic rings. The van der Waals surface area contributed by atoms with E-state index in [0.717, 1.165) is 25.7 Å². The topological polar surface area (TPSA) is 49.3 Å². The molecule has 1 unspecified atom stereocenters. The molecular formula is C15H27NO2. The Bertz CT molecular complexity index is 287. The van der Waals surface area contributed by atoms with Gasteiger partial charge in [-0.15, -0.1) is 0 Å². The summed E-state index contributed by atoms with van der Waals surface area (Å²) in [5.41, 5.74) is 0.414. The second-order valence-electron chi connectivity index (χ2n) is 6.90. The molecule has 18 heavy (non-hydrogen) atoms. The van der Waals surface area contributed by atoms with E-state index in [1.54, 1.807) is 0 Å². The Kier molecular flexibility index (Phi) is 4.31. The van der Waals surface area contributed by atoms with Gasteiger partial charge in [-0.3, -0.25) is 4.79 Å². The zero-order valence-electron chi connectivity index (χ0n) is 11.7. The minimum absolute atomic E-state index is 0.180. The van der Waals surface area contributed by atoms with Crippen LogP contribution in [0.5, 0.6) is 0 Å². The van der Waals surface area contributed by atoms with Gasteiger partial charge in [-0.1, -0.05) is 13.8 Å². The van der Waals surface area contributed by atoms with Crippen LogP contribution in [-0.2, 0) is 4.79 Å². The van der Waals surface area contributed by atoms with E-state index in [2.05, 4.69) is 19.2 Å². The summed E-state index contributed by atoms with van der Waals surface area (Å²) in [7, 11) is 0. The van der Waals surface area contributed by atoms with Gasteiger partial charge in [-0.25, -0.2) is 0 Å². The molecule has 2 N–H and O–H groups in total. The van der Waals surface area contributed by atoms with Crippen LogP contribution in [0.4, 0.5) is 0 Å². The largest absolute Gasteiger partial charge is 0.396 e. The van der Waals surface area contributed by atoms with Gasteiger partial charge in [0, 0.05) is 18.6 Å². The molecule has 2 aliphatic carbocycles. The molecule has 1 atom stereocenters. The number of carbonyl (C=O) groups excluding carboxylic acids is 1. The lowest BCUT2D eigenvalue weighted by Gasteiger charge is -2.34. The molecule has 2 rings (SSSR count). The van der Waals surface area contributed by atoms with Crippen LogP contribution in [-0.4, -0.2) is 23.7 Å². The number of carbonyl (C=O) groups is 1. The summed E-state index contributed by atoms with van der Waals surface area (Å²) >= 11 is 0. The van der Waals surface area contributed by atoms with Gasteiger partial charge in [0.1, 0.15) is 0 Å². The average molecular weight is 253 g/mol. The molecule has 104 valence electrons. The van der Waals surface area contributed by atoms with Gasteiger partial charge < -0.3 is 10.4 Å². The molecule has 0 aromatic heterocycles. The highest BCUT2D eigenvalue weighted by Crippen LogP contribution is 2.39. The van der Waals surface area contributed by atoms with E-state index in [-0.39, 0.29) is 24.5 Å². The molecule has 0 spiro atoms. The predicted molar refractivity (Wildman–Crippen MR) is 72.1 cm³/mol. The van der Waals surface area contributed by atoms with Crippen molar-refractivity contribution in [3.63, 3.8) is 0 Å². The van der Waals surface area contributed by atoms with E-state index in [1.807, 2.05) is 0 Å². The van der Waals surface area contributed by atoms with Crippen molar-refractivity contribution >= 4 is 5.91 Å². The number of amides is 1. The molecule has 0 saturated heterocycles. The molecule has 1 amide bonds. The third-order valence-electron chi connectivity index (χ3n) is 4.67. The first kappa shape index (κ1) is 13.9. The Morgan fingerprint density at radius 2 is 1.89 bits per heavy atom. The van der Waals surface area contributed by atoms with Crippen LogP contribution in [0.2, 0.25) is 0 Å². The lowest BCUT2D eigenvalue weighted by atomic mass is 9.73. The highest BCUT2D eigenvalue weighted by atomic mass is 16.3. The maximum atomic E-state index is 12.2. The Labute approximate surface area is 110 Å². The fourth-order valence-corrected chi connectivity index (χ4v) is 3.03. The van der Waals surface area contributed by atoms with Crippen LogP contribution in [0.25, 0.3) is 0 Å². The standard InChI is InChI=1S/C15H27NO2/c1-15(2)8-5-12(6-9-15)14(18)16-13(7-10-17)11-3-4-11/h11-13,17H,3-10H2,1-2H3,(H,16,18). The lowest BCUT2D eigenvalue weighted by molar-refractivity contribution is -0.127. The van der Waals surface area contributed by atoms with Crippen molar-refractivity contribution in [1.82, 2.24) is 5.32 Å². The van der Waals surface area contributed by atoms with Gasteiger partial charge >= 0.3 is 0 Å². The highest BCUT2D eigenvalue weighted by Gasteiger charge is 2.35. The maximum absolute atomic E-state index is 12.2. The summed E-state index contributed by atoms with van der Waals surface area (Å²) in [6, 6.07) is 0.220. The monoisotopic (exact) mass is 253 g/mol. The van der Waals surface area contributed by atoms with Gasteiger partial charge in [0.2, 0.25) is 5.91 Å². The molecule has 0 bridgehead atoms. The first-order valence-corrected chi connectivity index (χ1v) is 7.43. The molecule has 0 heterocycles. The normalized spacial score (nSPS) is 25.7. The smallest absolute Gasteiger partial charge is 0.223 e. The Balaban J connectivity index is 1.80. The second kappa shape index (κ2) is 5.60. The summed E-state index contributed by atoms with van der Waals surface area (Å²) in [4.78, 5) is 12.2. The van der Waals surface area contributed by atoms with E-state index in [9.17, 15) is 4.79 Å². The third-order valence-corrected chi connectivity index (χ3v) is 4.67. The zero-order valence-corrected chi connectivity index (χ0v) is 11.7. The summed E-state index contributed by atoms with van der Waals surface area (Å²) in [5.74, 6) is 1.06. The highest BCUT2D eigenvalue weighted by molar-refractivity contribution is 5.79. The van der Waals surface area contributed by atoms with Crippen molar-refractivity contribution in [2.75, 3.05) is 6.61 Å². The van der Waals surface area contributed by atoms with Gasteiger partial charge in [-0.05, 0) is 56.3 Å². The number of aliphatic hydroxyl groups excluding tert-OH is 1. The van der Waals surface area contributed by atoms with Crippen LogP contribution in [0.3, 0.4) is 0 Å². The van der Waals surface area contributed by atoms with Crippen molar-refractivity contribution in [3.8, 4) is 0 Å². The van der Waals surface area contributed by atoms with Crippen LogP contribution in [0.1, 0.15) is 58.8 Å². The fourth-order valence-electron chi connectivity index (χ4n) is 3.03. The van der Waals surface area contributed by atoms with Crippen LogP contribution in [0.15, 0.2) is 0 Å². The first-order chi connectivity index (χ1) is 8.52. The molecule has 0 aliphatic heterocycles. The molecule has 3 nitrogen and oxygen atoms in total. The van der Waals surface area contributed by atoms with E-state index in [1.165, 1.54) is 12.8 Å². The number of aliphatic hydroxyl groups is 1. The Morgan fingerprint density at radius 3 is 2.39 bits per heavy atom. The Morgan fingerprint density at radius 1 is 1.28 bits per heavy atom. The fraction of sp³-hybridized carbons (Fsp3) is 0.933.